The van der Waals surface area contributed by atoms with Crippen molar-refractivity contribution in [1.29, 1.82) is 0 Å². The van der Waals surface area contributed by atoms with E-state index in [1.165, 1.54) is 12.0 Å². The number of primary amides is 1. The number of hydroxylamine groups is 2. The summed E-state index contributed by atoms with van der Waals surface area (Å²) in [6, 6.07) is 17.3. The smallest absolute Gasteiger partial charge is 0.268 e. The first kappa shape index (κ1) is 23.9. The maximum absolute atomic E-state index is 13.3. The molecule has 2 heterocycles. The second kappa shape index (κ2) is 9.92. The van der Waals surface area contributed by atoms with Crippen LogP contribution in [0.3, 0.4) is 0 Å². The molecule has 2 saturated heterocycles. The predicted molar refractivity (Wildman–Crippen MR) is 123 cm³/mol. The molecule has 2 aliphatic rings. The lowest BCUT2D eigenvalue weighted by atomic mass is 9.87. The quantitative estimate of drug-likeness (QED) is 0.468. The molecule has 2 aliphatic heterocycles. The van der Waals surface area contributed by atoms with Crippen LogP contribution in [0.4, 0.5) is 0 Å². The molecule has 9 nitrogen and oxygen atoms in total. The predicted octanol–water partition coefficient (Wildman–Crippen LogP) is 0.715. The van der Waals surface area contributed by atoms with Crippen LogP contribution in [-0.2, 0) is 32.4 Å². The molecule has 34 heavy (non-hydrogen) atoms. The van der Waals surface area contributed by atoms with Gasteiger partial charge in [-0.05, 0) is 30.9 Å². The molecule has 0 saturated carbocycles. The van der Waals surface area contributed by atoms with Crippen molar-refractivity contribution in [1.82, 2.24) is 15.3 Å². The van der Waals surface area contributed by atoms with Crippen molar-refractivity contribution in [2.45, 2.75) is 56.6 Å². The van der Waals surface area contributed by atoms with E-state index < -0.39 is 35.5 Å². The molecule has 4 unspecified atom stereocenters. The Kier molecular flexibility index (Phi) is 6.97. The number of benzene rings is 2. The van der Waals surface area contributed by atoms with Gasteiger partial charge in [-0.25, -0.2) is 5.06 Å². The van der Waals surface area contributed by atoms with Crippen LogP contribution in [0.5, 0.6) is 0 Å². The maximum Gasteiger partial charge on any atom is 0.268 e. The van der Waals surface area contributed by atoms with Gasteiger partial charge in [0.05, 0.1) is 18.7 Å². The lowest BCUT2D eigenvalue weighted by molar-refractivity contribution is -0.244. The molecule has 4 rings (SSSR count). The van der Waals surface area contributed by atoms with Crippen LogP contribution in [0.15, 0.2) is 60.7 Å². The molecular weight excluding hydrogens is 436 g/mol. The Labute approximate surface area is 198 Å². The molecule has 180 valence electrons. The van der Waals surface area contributed by atoms with Gasteiger partial charge in [0.1, 0.15) is 18.2 Å². The van der Waals surface area contributed by atoms with Gasteiger partial charge in [0, 0.05) is 6.54 Å². The second-order valence-corrected chi connectivity index (χ2v) is 8.93. The minimum atomic E-state index is -1.20. The van der Waals surface area contributed by atoms with Crippen molar-refractivity contribution in [2.75, 3.05) is 6.54 Å². The number of carbonyl (C=O) groups excluding carboxylic acids is 3. The van der Waals surface area contributed by atoms with Crippen molar-refractivity contribution in [3.8, 4) is 0 Å². The Balaban J connectivity index is 1.51. The topological polar surface area (TPSA) is 125 Å². The molecule has 2 aromatic rings. The van der Waals surface area contributed by atoms with Crippen molar-refractivity contribution >= 4 is 17.7 Å². The number of carbonyl (C=O) groups is 3. The molecule has 0 bridgehead atoms. The summed E-state index contributed by atoms with van der Waals surface area (Å²) < 4.78 is 0. The fraction of sp³-hybridized carbons (Fsp3) is 0.400. The lowest BCUT2D eigenvalue weighted by Gasteiger charge is -2.50. The van der Waals surface area contributed by atoms with Gasteiger partial charge in [0.2, 0.25) is 11.8 Å². The summed E-state index contributed by atoms with van der Waals surface area (Å²) in [6.45, 7) is 2.39. The number of rotatable bonds is 9. The minimum absolute atomic E-state index is 0.184. The second-order valence-electron chi connectivity index (χ2n) is 8.93. The van der Waals surface area contributed by atoms with E-state index in [4.69, 9.17) is 10.6 Å². The Bertz CT molecular complexity index is 1030. The number of amides is 3. The maximum atomic E-state index is 13.3. The normalized spacial score (nSPS) is 24.0. The highest BCUT2D eigenvalue weighted by Gasteiger charge is 2.62. The van der Waals surface area contributed by atoms with E-state index in [9.17, 15) is 19.5 Å². The van der Waals surface area contributed by atoms with Crippen molar-refractivity contribution in [2.24, 2.45) is 5.73 Å². The van der Waals surface area contributed by atoms with E-state index in [0.717, 1.165) is 11.1 Å². The highest BCUT2D eigenvalue weighted by molar-refractivity contribution is 5.95. The third-order valence-corrected chi connectivity index (χ3v) is 6.60. The Morgan fingerprint density at radius 3 is 2.32 bits per heavy atom. The summed E-state index contributed by atoms with van der Waals surface area (Å²) in [4.78, 5) is 45.8. The van der Waals surface area contributed by atoms with Crippen LogP contribution in [0.2, 0.25) is 0 Å². The van der Waals surface area contributed by atoms with Gasteiger partial charge < -0.3 is 16.2 Å². The van der Waals surface area contributed by atoms with Gasteiger partial charge in [-0.2, -0.15) is 0 Å². The van der Waals surface area contributed by atoms with Crippen LogP contribution in [0.1, 0.15) is 30.9 Å². The van der Waals surface area contributed by atoms with Gasteiger partial charge in [0.15, 0.2) is 0 Å². The standard InChI is InChI=1S/C25H30N4O5/c1-17(30)21(22(26)31)27-23(32)20-12-13-25(28(20)14-18-8-4-2-5-9-18)16-29(24(25)33)34-15-19-10-6-3-7-11-19/h2-11,17,20-21,30H,12-16H2,1H3,(H2,26,31)(H,27,32). The Morgan fingerprint density at radius 2 is 1.76 bits per heavy atom. The Morgan fingerprint density at radius 1 is 1.15 bits per heavy atom. The Hall–Kier alpha value is -3.27. The van der Waals surface area contributed by atoms with Crippen molar-refractivity contribution in [3.63, 3.8) is 0 Å². The zero-order valence-corrected chi connectivity index (χ0v) is 19.1. The number of nitrogens with zero attached hydrogens (tertiary/aromatic N) is 2. The first-order valence-electron chi connectivity index (χ1n) is 11.4. The van der Waals surface area contributed by atoms with E-state index in [1.54, 1.807) is 0 Å². The summed E-state index contributed by atoms with van der Waals surface area (Å²) in [6.07, 6.45) is -0.216. The van der Waals surface area contributed by atoms with E-state index in [2.05, 4.69) is 5.32 Å². The molecule has 0 radical (unpaired) electrons. The van der Waals surface area contributed by atoms with E-state index >= 15 is 0 Å². The van der Waals surface area contributed by atoms with Crippen LogP contribution in [0, 0.1) is 0 Å². The average Bonchev–Trinajstić information content (AvgIpc) is 3.21. The molecule has 3 amide bonds. The highest BCUT2D eigenvalue weighted by atomic mass is 16.7. The molecule has 2 fully saturated rings. The number of aliphatic hydroxyl groups excluding tert-OH is 1. The zero-order valence-electron chi connectivity index (χ0n) is 19.1. The summed E-state index contributed by atoms with van der Waals surface area (Å²) in [5.74, 6) is -1.43. The van der Waals surface area contributed by atoms with Crippen LogP contribution in [-0.4, -0.2) is 63.1 Å². The van der Waals surface area contributed by atoms with Crippen LogP contribution < -0.4 is 11.1 Å². The van der Waals surface area contributed by atoms with E-state index in [1.807, 2.05) is 65.6 Å². The molecule has 0 aromatic heterocycles. The summed E-state index contributed by atoms with van der Waals surface area (Å²) in [5.41, 5.74) is 6.40. The van der Waals surface area contributed by atoms with Gasteiger partial charge in [-0.1, -0.05) is 60.7 Å². The molecule has 1 spiro atoms. The average molecular weight is 467 g/mol. The van der Waals surface area contributed by atoms with Gasteiger partial charge in [-0.3, -0.25) is 24.1 Å². The summed E-state index contributed by atoms with van der Waals surface area (Å²) >= 11 is 0. The number of hydrogen-bond acceptors (Lipinski definition) is 6. The number of nitrogens with one attached hydrogen (secondary N) is 1. The van der Waals surface area contributed by atoms with Gasteiger partial charge in [0.25, 0.3) is 5.91 Å². The van der Waals surface area contributed by atoms with Crippen molar-refractivity contribution < 1.29 is 24.3 Å². The molecule has 0 aliphatic carbocycles. The van der Waals surface area contributed by atoms with E-state index in [0.29, 0.717) is 25.9 Å². The van der Waals surface area contributed by atoms with Crippen molar-refractivity contribution in [3.05, 3.63) is 71.8 Å². The number of nitrogens with two attached hydrogens (primary N) is 1. The fourth-order valence-electron chi connectivity index (χ4n) is 4.71. The minimum Gasteiger partial charge on any atom is -0.391 e. The summed E-state index contributed by atoms with van der Waals surface area (Å²) in [7, 11) is 0. The van der Waals surface area contributed by atoms with Crippen LogP contribution in [0.25, 0.3) is 0 Å². The molecule has 9 heteroatoms. The third-order valence-electron chi connectivity index (χ3n) is 6.60. The molecule has 4 N–H and O–H groups in total. The monoisotopic (exact) mass is 466 g/mol. The zero-order chi connectivity index (χ0) is 24.3. The van der Waals surface area contributed by atoms with Crippen LogP contribution >= 0.6 is 0 Å². The van der Waals surface area contributed by atoms with Gasteiger partial charge in [-0.15, -0.1) is 0 Å². The molecular formula is C25H30N4O5. The van der Waals surface area contributed by atoms with E-state index in [-0.39, 0.29) is 12.5 Å². The molecule has 4 atom stereocenters. The lowest BCUT2D eigenvalue weighted by Crippen LogP contribution is -2.73. The number of likely N-dealkylation sites (tertiary alicyclic amines) is 1. The number of hydrogen-bond donors (Lipinski definition) is 3. The van der Waals surface area contributed by atoms with Gasteiger partial charge >= 0.3 is 0 Å². The summed E-state index contributed by atoms with van der Waals surface area (Å²) in [5, 5.41) is 13.8. The first-order valence-corrected chi connectivity index (χ1v) is 11.4. The highest BCUT2D eigenvalue weighted by Crippen LogP contribution is 2.43. The number of β-lactam (4-membered cyclic amide) rings is 1. The molecule has 2 aromatic carbocycles. The number of aliphatic hydroxyl groups is 1. The third kappa shape index (κ3) is 4.68. The fourth-order valence-corrected chi connectivity index (χ4v) is 4.71. The first-order chi connectivity index (χ1) is 16.3. The largest absolute Gasteiger partial charge is 0.391 e. The SMILES string of the molecule is CC(O)C(NC(=O)C1CCC2(CN(OCc3ccccc3)C2=O)N1Cc1ccccc1)C(N)=O.